The lowest BCUT2D eigenvalue weighted by Crippen LogP contribution is -2.30. The highest BCUT2D eigenvalue weighted by Crippen LogP contribution is 2.27. The summed E-state index contributed by atoms with van der Waals surface area (Å²) in [5.74, 6) is -0.325. The predicted octanol–water partition coefficient (Wildman–Crippen LogP) is 4.46. The molecule has 0 aliphatic carbocycles. The second-order valence-corrected chi connectivity index (χ2v) is 7.84. The zero-order valence-corrected chi connectivity index (χ0v) is 16.8. The van der Waals surface area contributed by atoms with E-state index in [0.29, 0.717) is 10.8 Å². The van der Waals surface area contributed by atoms with Crippen LogP contribution in [-0.4, -0.2) is 16.1 Å². The van der Waals surface area contributed by atoms with Crippen LogP contribution in [0.1, 0.15) is 45.9 Å². The van der Waals surface area contributed by atoms with E-state index in [4.69, 9.17) is 0 Å². The zero-order valence-electron chi connectivity index (χ0n) is 16.0. The van der Waals surface area contributed by atoms with E-state index in [9.17, 15) is 9.59 Å². The number of aryl methyl sites for hydroxylation is 1. The number of carbonyl (C=O) groups is 1. The van der Waals surface area contributed by atoms with E-state index >= 15 is 0 Å². The number of carbonyl (C=O) groups excluding carboxylic acids is 1. The molecule has 0 saturated carbocycles. The number of nitrogens with one attached hydrogen (secondary N) is 2. The molecule has 4 rings (SSSR count). The van der Waals surface area contributed by atoms with E-state index in [1.807, 2.05) is 17.5 Å². The van der Waals surface area contributed by atoms with Crippen LogP contribution in [0.5, 0.6) is 0 Å². The number of H-pyrrole nitrogens is 1. The Balaban J connectivity index is 1.69. The van der Waals surface area contributed by atoms with Gasteiger partial charge in [-0.1, -0.05) is 61.9 Å². The molecule has 6 heteroatoms. The van der Waals surface area contributed by atoms with Crippen LogP contribution >= 0.6 is 11.3 Å². The quantitative estimate of drug-likeness (QED) is 0.499. The number of fused-ring (bicyclic) bond motifs is 1. The molecule has 2 aromatic heterocycles. The fraction of sp³-hybridized carbons (Fsp3) is 0.174. The van der Waals surface area contributed by atoms with Crippen LogP contribution in [0.25, 0.3) is 10.8 Å². The lowest BCUT2D eigenvalue weighted by molar-refractivity contribution is 0.0939. The van der Waals surface area contributed by atoms with Gasteiger partial charge >= 0.3 is 0 Å². The summed E-state index contributed by atoms with van der Waals surface area (Å²) >= 11 is 1.59. The van der Waals surface area contributed by atoms with Crippen molar-refractivity contribution in [2.75, 3.05) is 0 Å². The highest BCUT2D eigenvalue weighted by Gasteiger charge is 2.21. The molecule has 1 amide bonds. The molecule has 29 heavy (non-hydrogen) atoms. The third-order valence-corrected chi connectivity index (χ3v) is 5.80. The monoisotopic (exact) mass is 403 g/mol. The first kappa shape index (κ1) is 19.1. The average Bonchev–Trinajstić information content (AvgIpc) is 3.28. The number of benzene rings is 2. The molecular formula is C23H21N3O2S. The normalized spacial score (nSPS) is 12.0. The van der Waals surface area contributed by atoms with Crippen molar-refractivity contribution in [3.05, 3.63) is 98.1 Å². The molecule has 0 aliphatic heterocycles. The van der Waals surface area contributed by atoms with Gasteiger partial charge in [0.25, 0.3) is 11.5 Å². The van der Waals surface area contributed by atoms with Crippen LogP contribution < -0.4 is 10.9 Å². The van der Waals surface area contributed by atoms with Gasteiger partial charge in [-0.3, -0.25) is 9.59 Å². The first-order chi connectivity index (χ1) is 14.2. The number of nitrogens with zero attached hydrogens (tertiary/aromatic N) is 1. The summed E-state index contributed by atoms with van der Waals surface area (Å²) < 4.78 is 0. The molecule has 0 saturated heterocycles. The van der Waals surface area contributed by atoms with Crippen molar-refractivity contribution in [2.45, 2.75) is 25.8 Å². The molecule has 146 valence electrons. The summed E-state index contributed by atoms with van der Waals surface area (Å²) in [6, 6.07) is 19.0. The van der Waals surface area contributed by atoms with Crippen molar-refractivity contribution in [3.8, 4) is 0 Å². The molecule has 0 aliphatic rings. The summed E-state index contributed by atoms with van der Waals surface area (Å²) in [5, 5.41) is 12.5. The number of amides is 1. The largest absolute Gasteiger partial charge is 0.339 e. The standard InChI is InChI=1S/C23H21N3O2S/c1-2-6-15-10-12-16(13-11-15)20(19-9-5-14-29-19)24-23(28)21-17-7-3-4-8-18(17)22(27)26-25-21/h3-5,7-14,20H,2,6H2,1H3,(H,24,28)(H,26,27). The lowest BCUT2D eigenvalue weighted by Gasteiger charge is -2.18. The predicted molar refractivity (Wildman–Crippen MR) is 116 cm³/mol. The van der Waals surface area contributed by atoms with Crippen LogP contribution in [0, 0.1) is 0 Å². The van der Waals surface area contributed by atoms with Crippen molar-refractivity contribution < 1.29 is 4.79 Å². The van der Waals surface area contributed by atoms with Crippen LogP contribution in [-0.2, 0) is 6.42 Å². The average molecular weight is 404 g/mol. The Kier molecular flexibility index (Phi) is 5.53. The van der Waals surface area contributed by atoms with Crippen LogP contribution in [0.2, 0.25) is 0 Å². The minimum Gasteiger partial charge on any atom is -0.339 e. The highest BCUT2D eigenvalue weighted by atomic mass is 32.1. The molecule has 0 fully saturated rings. The fourth-order valence-corrected chi connectivity index (χ4v) is 4.23. The minimum atomic E-state index is -0.325. The van der Waals surface area contributed by atoms with E-state index in [1.54, 1.807) is 35.6 Å². The van der Waals surface area contributed by atoms with Gasteiger partial charge in [0.2, 0.25) is 0 Å². The maximum atomic E-state index is 13.1. The van der Waals surface area contributed by atoms with Gasteiger partial charge in [0, 0.05) is 10.3 Å². The zero-order chi connectivity index (χ0) is 20.2. The summed E-state index contributed by atoms with van der Waals surface area (Å²) in [7, 11) is 0. The van der Waals surface area contributed by atoms with Gasteiger partial charge < -0.3 is 5.32 Å². The molecule has 1 atom stereocenters. The van der Waals surface area contributed by atoms with Gasteiger partial charge in [-0.25, -0.2) is 5.10 Å². The summed E-state index contributed by atoms with van der Waals surface area (Å²) in [6.45, 7) is 2.16. The second kappa shape index (κ2) is 8.41. The van der Waals surface area contributed by atoms with Crippen molar-refractivity contribution in [2.24, 2.45) is 0 Å². The van der Waals surface area contributed by atoms with Crippen molar-refractivity contribution in [1.29, 1.82) is 0 Å². The van der Waals surface area contributed by atoms with Gasteiger partial charge in [-0.2, -0.15) is 5.10 Å². The fourth-order valence-electron chi connectivity index (χ4n) is 3.43. The number of aromatic nitrogens is 2. The highest BCUT2D eigenvalue weighted by molar-refractivity contribution is 7.10. The van der Waals surface area contributed by atoms with E-state index in [0.717, 1.165) is 23.3 Å². The van der Waals surface area contributed by atoms with E-state index in [1.165, 1.54) is 5.56 Å². The summed E-state index contributed by atoms with van der Waals surface area (Å²) in [5.41, 5.74) is 2.19. The molecule has 1 unspecified atom stereocenters. The van der Waals surface area contributed by atoms with Crippen LogP contribution in [0.3, 0.4) is 0 Å². The SMILES string of the molecule is CCCc1ccc(C(NC(=O)c2n[nH]c(=O)c3ccccc23)c2cccs2)cc1. The summed E-state index contributed by atoms with van der Waals surface area (Å²) in [4.78, 5) is 26.2. The molecule has 2 heterocycles. The lowest BCUT2D eigenvalue weighted by atomic mass is 10.0. The molecule has 2 N–H and O–H groups in total. The number of aromatic amines is 1. The minimum absolute atomic E-state index is 0.212. The van der Waals surface area contributed by atoms with Gasteiger partial charge in [-0.05, 0) is 35.1 Å². The Bertz CT molecular complexity index is 1180. The molecule has 2 aromatic carbocycles. The molecular weight excluding hydrogens is 382 g/mol. The Morgan fingerprint density at radius 3 is 2.52 bits per heavy atom. The Labute approximate surface area is 172 Å². The van der Waals surface area contributed by atoms with Gasteiger partial charge in [0.1, 0.15) is 0 Å². The smallest absolute Gasteiger partial charge is 0.273 e. The first-order valence-electron chi connectivity index (χ1n) is 9.58. The maximum absolute atomic E-state index is 13.1. The van der Waals surface area contributed by atoms with Crippen molar-refractivity contribution in [1.82, 2.24) is 15.5 Å². The number of hydrogen-bond acceptors (Lipinski definition) is 4. The Morgan fingerprint density at radius 1 is 1.07 bits per heavy atom. The third kappa shape index (κ3) is 3.98. The van der Waals surface area contributed by atoms with Gasteiger partial charge in [-0.15, -0.1) is 11.3 Å². The second-order valence-electron chi connectivity index (χ2n) is 6.86. The number of rotatable bonds is 6. The van der Waals surface area contributed by atoms with E-state index in [-0.39, 0.29) is 23.2 Å². The van der Waals surface area contributed by atoms with E-state index in [2.05, 4.69) is 46.7 Å². The van der Waals surface area contributed by atoms with Gasteiger partial charge in [0.05, 0.1) is 11.4 Å². The van der Waals surface area contributed by atoms with Gasteiger partial charge in [0.15, 0.2) is 5.69 Å². The first-order valence-corrected chi connectivity index (χ1v) is 10.5. The van der Waals surface area contributed by atoms with E-state index < -0.39 is 0 Å². The number of hydrogen-bond donors (Lipinski definition) is 2. The van der Waals surface area contributed by atoms with Crippen molar-refractivity contribution >= 4 is 28.0 Å². The van der Waals surface area contributed by atoms with Crippen molar-refractivity contribution in [3.63, 3.8) is 0 Å². The Morgan fingerprint density at radius 2 is 1.83 bits per heavy atom. The molecule has 4 aromatic rings. The Hall–Kier alpha value is -3.25. The molecule has 0 bridgehead atoms. The summed E-state index contributed by atoms with van der Waals surface area (Å²) in [6.07, 6.45) is 2.12. The van der Waals surface area contributed by atoms with Crippen LogP contribution in [0.4, 0.5) is 0 Å². The molecule has 5 nitrogen and oxygen atoms in total. The van der Waals surface area contributed by atoms with Crippen LogP contribution in [0.15, 0.2) is 70.8 Å². The third-order valence-electron chi connectivity index (χ3n) is 4.87. The molecule has 0 radical (unpaired) electrons. The topological polar surface area (TPSA) is 74.8 Å². The number of thiophene rings is 1. The molecule has 0 spiro atoms. The maximum Gasteiger partial charge on any atom is 0.273 e.